The number of aryl methyl sites for hydroxylation is 1. The first kappa shape index (κ1) is 19.9. The maximum atomic E-state index is 12.3. The first-order valence-electron chi connectivity index (χ1n) is 8.46. The topological polar surface area (TPSA) is 109 Å². The van der Waals surface area contributed by atoms with Crippen molar-refractivity contribution in [3.05, 3.63) is 62.8 Å². The third kappa shape index (κ3) is 3.88. The van der Waals surface area contributed by atoms with Gasteiger partial charge in [0.05, 0.1) is 26.3 Å². The van der Waals surface area contributed by atoms with Gasteiger partial charge in [-0.05, 0) is 36.8 Å². The maximum absolute atomic E-state index is 12.3. The van der Waals surface area contributed by atoms with E-state index in [0.717, 1.165) is 0 Å². The van der Waals surface area contributed by atoms with Crippen molar-refractivity contribution in [2.45, 2.75) is 6.92 Å². The van der Waals surface area contributed by atoms with Crippen LogP contribution in [0, 0.1) is 17.0 Å². The van der Waals surface area contributed by atoms with Gasteiger partial charge in [-0.2, -0.15) is 0 Å². The number of benzene rings is 2. The maximum Gasteiger partial charge on any atom is 0.363 e. The molecule has 2 aromatic rings. The molecular formula is C20H18N2O7. The fourth-order valence-electron chi connectivity index (χ4n) is 2.81. The van der Waals surface area contributed by atoms with E-state index in [1.54, 1.807) is 31.2 Å². The number of esters is 1. The third-order valence-electron chi connectivity index (χ3n) is 4.26. The predicted molar refractivity (Wildman–Crippen MR) is 105 cm³/mol. The van der Waals surface area contributed by atoms with Gasteiger partial charge in [0.25, 0.3) is 5.69 Å². The quantitative estimate of drug-likeness (QED) is 0.318. The van der Waals surface area contributed by atoms with E-state index in [0.29, 0.717) is 33.9 Å². The number of cyclic esters (lactones) is 1. The lowest BCUT2D eigenvalue weighted by molar-refractivity contribution is -0.385. The molecule has 0 aromatic heterocycles. The predicted octanol–water partition coefficient (Wildman–Crippen LogP) is 3.27. The van der Waals surface area contributed by atoms with Crippen molar-refractivity contribution in [3.8, 4) is 17.2 Å². The van der Waals surface area contributed by atoms with Gasteiger partial charge in [-0.25, -0.2) is 9.79 Å². The molecule has 0 saturated carbocycles. The number of carbonyl (C=O) groups excluding carboxylic acids is 1. The van der Waals surface area contributed by atoms with Crippen LogP contribution in [0.1, 0.15) is 16.7 Å². The smallest absolute Gasteiger partial charge is 0.363 e. The van der Waals surface area contributed by atoms with Crippen LogP contribution >= 0.6 is 0 Å². The lowest BCUT2D eigenvalue weighted by Gasteiger charge is -2.12. The number of methoxy groups -OCH3 is 3. The fraction of sp³-hybridized carbons (Fsp3) is 0.200. The van der Waals surface area contributed by atoms with Gasteiger partial charge >= 0.3 is 5.97 Å². The van der Waals surface area contributed by atoms with Crippen molar-refractivity contribution < 1.29 is 28.7 Å². The molecule has 2 aromatic carbocycles. The van der Waals surface area contributed by atoms with Crippen molar-refractivity contribution in [2.75, 3.05) is 21.3 Å². The molecule has 29 heavy (non-hydrogen) atoms. The molecule has 0 aliphatic carbocycles. The molecule has 0 radical (unpaired) electrons. The van der Waals surface area contributed by atoms with E-state index in [2.05, 4.69) is 4.99 Å². The van der Waals surface area contributed by atoms with Crippen molar-refractivity contribution >= 4 is 23.6 Å². The number of hydrogen-bond acceptors (Lipinski definition) is 8. The molecule has 150 valence electrons. The average molecular weight is 398 g/mol. The Labute approximate surface area is 166 Å². The molecule has 0 unspecified atom stereocenters. The zero-order valence-electron chi connectivity index (χ0n) is 16.2. The van der Waals surface area contributed by atoms with Crippen molar-refractivity contribution in [1.29, 1.82) is 0 Å². The highest BCUT2D eigenvalue weighted by molar-refractivity contribution is 6.13. The molecule has 0 N–H and O–H groups in total. The molecule has 9 heteroatoms. The fourth-order valence-corrected chi connectivity index (χ4v) is 2.81. The molecule has 0 spiro atoms. The van der Waals surface area contributed by atoms with Gasteiger partial charge in [0.15, 0.2) is 17.2 Å². The highest BCUT2D eigenvalue weighted by atomic mass is 16.6. The van der Waals surface area contributed by atoms with Gasteiger partial charge in [0, 0.05) is 17.2 Å². The Hall–Kier alpha value is -3.88. The first-order valence-corrected chi connectivity index (χ1v) is 8.46. The number of nitro benzene ring substituents is 1. The minimum Gasteiger partial charge on any atom is -0.493 e. The zero-order valence-corrected chi connectivity index (χ0v) is 16.2. The lowest BCUT2D eigenvalue weighted by Crippen LogP contribution is -2.06. The van der Waals surface area contributed by atoms with Crippen LogP contribution in [0.3, 0.4) is 0 Å². The van der Waals surface area contributed by atoms with Gasteiger partial charge in [-0.15, -0.1) is 0 Å². The standard InChI is InChI=1S/C20H18N2O7/c1-11-5-6-13(10-15(11)22(24)25)19-21-14(20(23)29-19)7-12-8-16(26-2)18(28-4)17(9-12)27-3/h5-10H,1-4H3/b14-7+. The summed E-state index contributed by atoms with van der Waals surface area (Å²) in [5.41, 5.74) is 1.37. The Bertz CT molecular complexity index is 1030. The molecule has 1 aliphatic rings. The summed E-state index contributed by atoms with van der Waals surface area (Å²) < 4.78 is 21.1. The number of nitrogens with zero attached hydrogens (tertiary/aromatic N) is 2. The summed E-state index contributed by atoms with van der Waals surface area (Å²) >= 11 is 0. The molecule has 0 atom stereocenters. The second-order valence-corrected chi connectivity index (χ2v) is 6.05. The van der Waals surface area contributed by atoms with E-state index in [4.69, 9.17) is 18.9 Å². The SMILES string of the molecule is COc1cc(/C=C2/N=C(c3ccc(C)c([N+](=O)[O-])c3)OC2=O)cc(OC)c1OC. The number of hydrogen-bond donors (Lipinski definition) is 0. The van der Waals surface area contributed by atoms with Crippen molar-refractivity contribution in [2.24, 2.45) is 4.99 Å². The lowest BCUT2D eigenvalue weighted by atomic mass is 10.1. The summed E-state index contributed by atoms with van der Waals surface area (Å²) in [6, 6.07) is 7.82. The van der Waals surface area contributed by atoms with Crippen LogP contribution in [-0.4, -0.2) is 38.1 Å². The molecule has 9 nitrogen and oxygen atoms in total. The highest BCUT2D eigenvalue weighted by Gasteiger charge is 2.26. The number of carbonyl (C=O) groups is 1. The third-order valence-corrected chi connectivity index (χ3v) is 4.26. The highest BCUT2D eigenvalue weighted by Crippen LogP contribution is 2.39. The molecular weight excluding hydrogens is 380 g/mol. The zero-order chi connectivity index (χ0) is 21.1. The molecule has 3 rings (SSSR count). The Morgan fingerprint density at radius 3 is 2.28 bits per heavy atom. The average Bonchev–Trinajstić information content (AvgIpc) is 3.07. The minimum absolute atomic E-state index is 0.00297. The number of rotatable bonds is 6. The Balaban J connectivity index is 2.01. The van der Waals surface area contributed by atoms with Crippen LogP contribution in [0.15, 0.2) is 41.0 Å². The monoisotopic (exact) mass is 398 g/mol. The summed E-state index contributed by atoms with van der Waals surface area (Å²) in [5, 5.41) is 11.1. The molecule has 0 fully saturated rings. The molecule has 1 aliphatic heterocycles. The van der Waals surface area contributed by atoms with Crippen molar-refractivity contribution in [1.82, 2.24) is 0 Å². The Morgan fingerprint density at radius 2 is 1.72 bits per heavy atom. The largest absolute Gasteiger partial charge is 0.493 e. The summed E-state index contributed by atoms with van der Waals surface area (Å²) in [6.07, 6.45) is 1.50. The van der Waals surface area contributed by atoms with Gasteiger partial charge in [-0.3, -0.25) is 10.1 Å². The van der Waals surface area contributed by atoms with Crippen molar-refractivity contribution in [3.63, 3.8) is 0 Å². The summed E-state index contributed by atoms with van der Waals surface area (Å²) in [5.74, 6) is 0.586. The van der Waals surface area contributed by atoms with Gasteiger partial charge in [0.1, 0.15) is 0 Å². The molecule has 0 saturated heterocycles. The molecule has 1 heterocycles. The Morgan fingerprint density at radius 1 is 1.07 bits per heavy atom. The van der Waals surface area contributed by atoms with Gasteiger partial charge < -0.3 is 18.9 Å². The van der Waals surface area contributed by atoms with Crippen LogP contribution in [-0.2, 0) is 9.53 Å². The van der Waals surface area contributed by atoms with Crippen LogP contribution < -0.4 is 14.2 Å². The van der Waals surface area contributed by atoms with E-state index < -0.39 is 10.9 Å². The summed E-state index contributed by atoms with van der Waals surface area (Å²) in [6.45, 7) is 1.63. The van der Waals surface area contributed by atoms with E-state index in [9.17, 15) is 14.9 Å². The second-order valence-electron chi connectivity index (χ2n) is 6.05. The van der Waals surface area contributed by atoms with Crippen LogP contribution in [0.4, 0.5) is 5.69 Å². The molecule has 0 amide bonds. The van der Waals surface area contributed by atoms with Gasteiger partial charge in [0.2, 0.25) is 11.6 Å². The van der Waals surface area contributed by atoms with Crippen LogP contribution in [0.5, 0.6) is 17.2 Å². The minimum atomic E-state index is -0.669. The number of nitro groups is 1. The number of aliphatic imine (C=N–C) groups is 1. The first-order chi connectivity index (χ1) is 13.9. The van der Waals surface area contributed by atoms with E-state index in [-0.39, 0.29) is 17.3 Å². The van der Waals surface area contributed by atoms with E-state index in [1.165, 1.54) is 33.5 Å². The van der Waals surface area contributed by atoms with Gasteiger partial charge in [-0.1, -0.05) is 6.07 Å². The van der Waals surface area contributed by atoms with Crippen LogP contribution in [0.2, 0.25) is 0 Å². The Kier molecular flexibility index (Phi) is 5.49. The van der Waals surface area contributed by atoms with E-state index in [1.807, 2.05) is 0 Å². The second kappa shape index (κ2) is 8.01. The number of ether oxygens (including phenoxy) is 4. The normalized spacial score (nSPS) is 14.4. The van der Waals surface area contributed by atoms with E-state index >= 15 is 0 Å². The van der Waals surface area contributed by atoms with Crippen LogP contribution in [0.25, 0.3) is 6.08 Å². The molecule has 0 bridgehead atoms. The summed E-state index contributed by atoms with van der Waals surface area (Å²) in [7, 11) is 4.46. The summed E-state index contributed by atoms with van der Waals surface area (Å²) in [4.78, 5) is 27.1.